The zero-order valence-electron chi connectivity index (χ0n) is 10.9. The molecule has 0 aliphatic carbocycles. The van der Waals surface area contributed by atoms with Crippen molar-refractivity contribution in [3.05, 3.63) is 62.7 Å². The molecule has 21 heavy (non-hydrogen) atoms. The number of ether oxygens (including phenoxy) is 1. The molecular formula is C14H10ClNO5. The van der Waals surface area contributed by atoms with Gasteiger partial charge in [0.15, 0.2) is 5.78 Å². The van der Waals surface area contributed by atoms with Crippen molar-refractivity contribution in [2.75, 3.05) is 7.11 Å². The average Bonchev–Trinajstić information content (AvgIpc) is 2.46. The summed E-state index contributed by atoms with van der Waals surface area (Å²) in [5.41, 5.74) is -0.283. The quantitative estimate of drug-likeness (QED) is 0.532. The van der Waals surface area contributed by atoms with Gasteiger partial charge in [-0.15, -0.1) is 0 Å². The van der Waals surface area contributed by atoms with Gasteiger partial charge in [0.1, 0.15) is 16.5 Å². The van der Waals surface area contributed by atoms with Crippen molar-refractivity contribution >= 4 is 23.1 Å². The normalized spacial score (nSPS) is 10.2. The summed E-state index contributed by atoms with van der Waals surface area (Å²) in [5, 5.41) is 20.6. The van der Waals surface area contributed by atoms with Gasteiger partial charge in [0.05, 0.1) is 17.6 Å². The second kappa shape index (κ2) is 5.80. The number of halogens is 1. The number of nitro groups is 1. The molecular weight excluding hydrogens is 298 g/mol. The van der Waals surface area contributed by atoms with Crippen LogP contribution >= 0.6 is 11.6 Å². The van der Waals surface area contributed by atoms with Crippen molar-refractivity contribution < 1.29 is 19.6 Å². The van der Waals surface area contributed by atoms with E-state index in [1.165, 1.54) is 37.4 Å². The highest BCUT2D eigenvalue weighted by atomic mass is 35.5. The molecule has 2 aromatic carbocycles. The number of phenolic OH excluding ortho intramolecular Hbond substituents is 1. The molecule has 0 heterocycles. The Balaban J connectivity index is 2.45. The Morgan fingerprint density at radius 3 is 2.57 bits per heavy atom. The van der Waals surface area contributed by atoms with Crippen LogP contribution in [0.3, 0.4) is 0 Å². The van der Waals surface area contributed by atoms with Gasteiger partial charge < -0.3 is 9.84 Å². The van der Waals surface area contributed by atoms with Gasteiger partial charge in [-0.2, -0.15) is 0 Å². The Morgan fingerprint density at radius 2 is 2.00 bits per heavy atom. The van der Waals surface area contributed by atoms with Gasteiger partial charge in [-0.1, -0.05) is 11.6 Å². The number of nitrogens with zero attached hydrogens (tertiary/aromatic N) is 1. The number of phenols is 1. The van der Waals surface area contributed by atoms with Gasteiger partial charge >= 0.3 is 0 Å². The summed E-state index contributed by atoms with van der Waals surface area (Å²) >= 11 is 5.69. The lowest BCUT2D eigenvalue weighted by atomic mass is 10.0. The molecule has 0 spiro atoms. The summed E-state index contributed by atoms with van der Waals surface area (Å²) in [6.45, 7) is 0. The highest BCUT2D eigenvalue weighted by Crippen LogP contribution is 2.29. The second-order valence-electron chi connectivity index (χ2n) is 4.14. The molecule has 0 aliphatic rings. The maximum atomic E-state index is 12.3. The predicted molar refractivity (Wildman–Crippen MR) is 76.2 cm³/mol. The van der Waals surface area contributed by atoms with E-state index in [2.05, 4.69) is 0 Å². The Labute approximate surface area is 124 Å². The summed E-state index contributed by atoms with van der Waals surface area (Å²) in [6.07, 6.45) is 0. The first-order chi connectivity index (χ1) is 9.93. The number of hydrogen-bond acceptors (Lipinski definition) is 5. The molecule has 0 aromatic heterocycles. The van der Waals surface area contributed by atoms with Crippen molar-refractivity contribution in [1.29, 1.82) is 0 Å². The lowest BCUT2D eigenvalue weighted by molar-refractivity contribution is -0.384. The number of aromatic hydroxyl groups is 1. The Morgan fingerprint density at radius 1 is 1.29 bits per heavy atom. The lowest BCUT2D eigenvalue weighted by Gasteiger charge is -2.06. The molecule has 0 saturated heterocycles. The van der Waals surface area contributed by atoms with E-state index < -0.39 is 10.7 Å². The smallest absolute Gasteiger partial charge is 0.288 e. The van der Waals surface area contributed by atoms with Crippen molar-refractivity contribution in [2.24, 2.45) is 0 Å². The van der Waals surface area contributed by atoms with Gasteiger partial charge in [0, 0.05) is 17.7 Å². The first-order valence-electron chi connectivity index (χ1n) is 5.79. The number of methoxy groups -OCH3 is 1. The molecule has 0 radical (unpaired) electrons. The molecule has 7 heteroatoms. The van der Waals surface area contributed by atoms with Crippen LogP contribution in [0.15, 0.2) is 36.4 Å². The van der Waals surface area contributed by atoms with E-state index in [9.17, 15) is 20.0 Å². The summed E-state index contributed by atoms with van der Waals surface area (Å²) in [7, 11) is 1.43. The van der Waals surface area contributed by atoms with Crippen LogP contribution < -0.4 is 4.74 Å². The maximum Gasteiger partial charge on any atom is 0.288 e. The molecule has 0 aliphatic heterocycles. The molecule has 0 saturated carbocycles. The van der Waals surface area contributed by atoms with Gasteiger partial charge in [-0.05, 0) is 24.3 Å². The number of benzene rings is 2. The van der Waals surface area contributed by atoms with Crippen LogP contribution in [-0.2, 0) is 0 Å². The van der Waals surface area contributed by atoms with Crippen LogP contribution in [-0.4, -0.2) is 22.9 Å². The van der Waals surface area contributed by atoms with Crippen molar-refractivity contribution in [3.63, 3.8) is 0 Å². The number of rotatable bonds is 4. The van der Waals surface area contributed by atoms with Crippen LogP contribution in [0.2, 0.25) is 5.02 Å². The van der Waals surface area contributed by atoms with Crippen molar-refractivity contribution in [2.45, 2.75) is 0 Å². The second-order valence-corrected chi connectivity index (χ2v) is 4.54. The zero-order valence-corrected chi connectivity index (χ0v) is 11.6. The van der Waals surface area contributed by atoms with Crippen LogP contribution in [0, 0.1) is 10.1 Å². The standard InChI is InChI=1S/C14H10ClNO5/c1-21-9-3-4-10(13(17)7-9)14(18)8-2-5-11(15)12(6-8)16(19)20/h2-7,17H,1H3. The number of carbonyl (C=O) groups is 1. The SMILES string of the molecule is COc1ccc(C(=O)c2ccc(Cl)c([N+](=O)[O-])c2)c(O)c1. The lowest BCUT2D eigenvalue weighted by Crippen LogP contribution is -2.03. The third-order valence-corrected chi connectivity index (χ3v) is 3.17. The minimum atomic E-state index is -0.674. The molecule has 0 unspecified atom stereocenters. The average molecular weight is 308 g/mol. The minimum Gasteiger partial charge on any atom is -0.507 e. The number of hydrogen-bond donors (Lipinski definition) is 1. The zero-order chi connectivity index (χ0) is 15.6. The Hall–Kier alpha value is -2.60. The molecule has 0 fully saturated rings. The van der Waals surface area contributed by atoms with E-state index in [1.807, 2.05) is 0 Å². The summed E-state index contributed by atoms with van der Waals surface area (Å²) in [4.78, 5) is 22.4. The molecule has 2 aromatic rings. The van der Waals surface area contributed by atoms with Gasteiger partial charge in [-0.3, -0.25) is 14.9 Å². The number of carbonyl (C=O) groups excluding carboxylic acids is 1. The van der Waals surface area contributed by atoms with E-state index in [1.54, 1.807) is 0 Å². The van der Waals surface area contributed by atoms with E-state index in [0.717, 1.165) is 6.07 Å². The maximum absolute atomic E-state index is 12.3. The molecule has 1 N–H and O–H groups in total. The Bertz CT molecular complexity index is 729. The van der Waals surface area contributed by atoms with Crippen LogP contribution in [0.4, 0.5) is 5.69 Å². The van der Waals surface area contributed by atoms with E-state index in [0.29, 0.717) is 5.75 Å². The highest BCUT2D eigenvalue weighted by molar-refractivity contribution is 6.32. The predicted octanol–water partition coefficient (Wildman–Crippen LogP) is 3.19. The van der Waals surface area contributed by atoms with Gasteiger partial charge in [-0.25, -0.2) is 0 Å². The van der Waals surface area contributed by atoms with Crippen molar-refractivity contribution in [1.82, 2.24) is 0 Å². The summed E-state index contributed by atoms with van der Waals surface area (Å²) < 4.78 is 4.92. The fourth-order valence-electron chi connectivity index (χ4n) is 1.78. The fourth-order valence-corrected chi connectivity index (χ4v) is 1.97. The van der Waals surface area contributed by atoms with Crippen molar-refractivity contribution in [3.8, 4) is 11.5 Å². The third kappa shape index (κ3) is 2.95. The van der Waals surface area contributed by atoms with Crippen LogP contribution in [0.25, 0.3) is 0 Å². The minimum absolute atomic E-state index is 0.0208. The number of ketones is 1. The Kier molecular flexibility index (Phi) is 4.09. The first kappa shape index (κ1) is 14.8. The fraction of sp³-hybridized carbons (Fsp3) is 0.0714. The molecule has 6 nitrogen and oxygen atoms in total. The summed E-state index contributed by atoms with van der Waals surface area (Å²) in [5.74, 6) is -0.419. The highest BCUT2D eigenvalue weighted by Gasteiger charge is 2.19. The molecule has 0 atom stereocenters. The summed E-state index contributed by atoms with van der Waals surface area (Å²) in [6, 6.07) is 7.90. The van der Waals surface area contributed by atoms with E-state index in [-0.39, 0.29) is 27.6 Å². The van der Waals surface area contributed by atoms with Crippen LogP contribution in [0.1, 0.15) is 15.9 Å². The van der Waals surface area contributed by atoms with E-state index in [4.69, 9.17) is 16.3 Å². The first-order valence-corrected chi connectivity index (χ1v) is 6.17. The largest absolute Gasteiger partial charge is 0.507 e. The topological polar surface area (TPSA) is 89.7 Å². The van der Waals surface area contributed by atoms with Gasteiger partial charge in [0.2, 0.25) is 0 Å². The monoisotopic (exact) mass is 307 g/mol. The van der Waals surface area contributed by atoms with E-state index >= 15 is 0 Å². The van der Waals surface area contributed by atoms with Gasteiger partial charge in [0.25, 0.3) is 5.69 Å². The molecule has 0 bridgehead atoms. The number of nitro benzene ring substituents is 1. The molecule has 2 rings (SSSR count). The molecule has 108 valence electrons. The third-order valence-electron chi connectivity index (χ3n) is 2.85. The van der Waals surface area contributed by atoms with Crippen LogP contribution in [0.5, 0.6) is 11.5 Å². The molecule has 0 amide bonds.